The van der Waals surface area contributed by atoms with Crippen molar-refractivity contribution in [1.29, 1.82) is 0 Å². The van der Waals surface area contributed by atoms with E-state index in [9.17, 15) is 4.79 Å². The molecule has 0 radical (unpaired) electrons. The Bertz CT molecular complexity index is 1090. The number of carbonyl (C=O) groups excluding carboxylic acids is 1. The molecule has 1 amide bonds. The van der Waals surface area contributed by atoms with E-state index in [0.717, 1.165) is 42.9 Å². The number of amides is 1. The fourth-order valence-corrected chi connectivity index (χ4v) is 5.79. The SMILES string of the molecule is CC1(C)CN(CCC2CCC(NC(=O)c3c[nH]c4ncccc34)CC2)Cc2ccccc21. The Labute approximate surface area is 190 Å². The molecule has 0 atom stereocenters. The van der Waals surface area contributed by atoms with Gasteiger partial charge in [0, 0.05) is 42.3 Å². The number of carbonyl (C=O) groups is 1. The fraction of sp³-hybridized carbons (Fsp3) is 0.481. The molecule has 32 heavy (non-hydrogen) atoms. The molecular weight excluding hydrogens is 396 g/mol. The minimum absolute atomic E-state index is 0.0157. The van der Waals surface area contributed by atoms with Gasteiger partial charge in [-0.3, -0.25) is 9.69 Å². The topological polar surface area (TPSA) is 61.0 Å². The van der Waals surface area contributed by atoms with Gasteiger partial charge in [0.25, 0.3) is 5.91 Å². The second kappa shape index (κ2) is 8.70. The van der Waals surface area contributed by atoms with E-state index in [4.69, 9.17) is 0 Å². The van der Waals surface area contributed by atoms with Crippen LogP contribution < -0.4 is 5.32 Å². The lowest BCUT2D eigenvalue weighted by atomic mass is 9.78. The van der Waals surface area contributed by atoms with E-state index in [0.29, 0.717) is 5.56 Å². The number of nitrogens with zero attached hydrogens (tertiary/aromatic N) is 2. The number of benzene rings is 1. The Hall–Kier alpha value is -2.66. The maximum atomic E-state index is 12.8. The zero-order chi connectivity index (χ0) is 22.1. The molecule has 0 spiro atoms. The molecule has 1 fully saturated rings. The number of hydrogen-bond acceptors (Lipinski definition) is 3. The lowest BCUT2D eigenvalue weighted by Crippen LogP contribution is -2.43. The molecule has 1 aliphatic heterocycles. The van der Waals surface area contributed by atoms with Crippen LogP contribution in [0.1, 0.15) is 67.4 Å². The maximum Gasteiger partial charge on any atom is 0.253 e. The van der Waals surface area contributed by atoms with Crippen molar-refractivity contribution in [3.05, 3.63) is 65.5 Å². The van der Waals surface area contributed by atoms with Crippen molar-refractivity contribution in [3.63, 3.8) is 0 Å². The normalized spacial score (nSPS) is 23.1. The molecule has 1 saturated carbocycles. The van der Waals surface area contributed by atoms with Gasteiger partial charge in [0.15, 0.2) is 0 Å². The lowest BCUT2D eigenvalue weighted by Gasteiger charge is -2.40. The Kier molecular flexibility index (Phi) is 5.76. The molecule has 3 aromatic rings. The molecule has 5 rings (SSSR count). The van der Waals surface area contributed by atoms with Gasteiger partial charge < -0.3 is 10.3 Å². The summed E-state index contributed by atoms with van der Waals surface area (Å²) < 4.78 is 0. The summed E-state index contributed by atoms with van der Waals surface area (Å²) in [5.74, 6) is 0.780. The lowest BCUT2D eigenvalue weighted by molar-refractivity contribution is 0.0920. The van der Waals surface area contributed by atoms with Gasteiger partial charge in [0.2, 0.25) is 0 Å². The van der Waals surface area contributed by atoms with Crippen molar-refractivity contribution in [1.82, 2.24) is 20.2 Å². The molecule has 5 heteroatoms. The number of rotatable bonds is 5. The number of aromatic amines is 1. The van der Waals surface area contributed by atoms with Crippen LogP contribution in [-0.4, -0.2) is 39.9 Å². The first-order valence-electron chi connectivity index (χ1n) is 12.0. The summed E-state index contributed by atoms with van der Waals surface area (Å²) >= 11 is 0. The van der Waals surface area contributed by atoms with Crippen LogP contribution in [0.2, 0.25) is 0 Å². The van der Waals surface area contributed by atoms with Crippen LogP contribution >= 0.6 is 0 Å². The zero-order valence-corrected chi connectivity index (χ0v) is 19.2. The molecule has 3 heterocycles. The van der Waals surface area contributed by atoms with Gasteiger partial charge in [-0.25, -0.2) is 4.98 Å². The van der Waals surface area contributed by atoms with E-state index >= 15 is 0 Å². The van der Waals surface area contributed by atoms with Crippen LogP contribution in [0.3, 0.4) is 0 Å². The minimum Gasteiger partial charge on any atom is -0.349 e. The van der Waals surface area contributed by atoms with Crippen LogP contribution in [0.25, 0.3) is 11.0 Å². The van der Waals surface area contributed by atoms with E-state index in [-0.39, 0.29) is 17.4 Å². The largest absolute Gasteiger partial charge is 0.349 e. The van der Waals surface area contributed by atoms with Crippen molar-refractivity contribution < 1.29 is 4.79 Å². The standard InChI is InChI=1S/C27H34N4O/c1-27(2)18-31(17-20-6-3-4-8-24(20)27)15-13-19-9-11-21(12-10-19)30-26(32)23-16-29-25-22(23)7-5-14-28-25/h3-8,14,16,19,21H,9-13,15,17-18H2,1-2H3,(H,28,29)(H,30,32). The molecule has 0 unspecified atom stereocenters. The number of pyridine rings is 1. The molecule has 2 N–H and O–H groups in total. The van der Waals surface area contributed by atoms with E-state index < -0.39 is 0 Å². The zero-order valence-electron chi connectivity index (χ0n) is 19.2. The van der Waals surface area contributed by atoms with Gasteiger partial charge in [-0.1, -0.05) is 38.1 Å². The van der Waals surface area contributed by atoms with E-state index in [1.54, 1.807) is 12.4 Å². The van der Waals surface area contributed by atoms with Gasteiger partial charge >= 0.3 is 0 Å². The fourth-order valence-electron chi connectivity index (χ4n) is 5.79. The second-order valence-corrected chi connectivity index (χ2v) is 10.3. The first-order chi connectivity index (χ1) is 15.5. The van der Waals surface area contributed by atoms with Crippen molar-refractivity contribution in [2.24, 2.45) is 5.92 Å². The van der Waals surface area contributed by atoms with Gasteiger partial charge in [0.05, 0.1) is 5.56 Å². The first-order valence-corrected chi connectivity index (χ1v) is 12.0. The number of H-pyrrole nitrogens is 1. The molecular formula is C27H34N4O. The number of hydrogen-bond donors (Lipinski definition) is 2. The number of nitrogens with one attached hydrogen (secondary N) is 2. The number of fused-ring (bicyclic) bond motifs is 2. The van der Waals surface area contributed by atoms with Gasteiger partial charge in [-0.05, 0) is 67.8 Å². The third kappa shape index (κ3) is 4.31. The van der Waals surface area contributed by atoms with E-state index in [1.165, 1.54) is 36.9 Å². The summed E-state index contributed by atoms with van der Waals surface area (Å²) in [6.07, 6.45) is 9.33. The summed E-state index contributed by atoms with van der Waals surface area (Å²) in [5.41, 5.74) is 4.68. The van der Waals surface area contributed by atoms with Crippen LogP contribution in [-0.2, 0) is 12.0 Å². The highest BCUT2D eigenvalue weighted by atomic mass is 16.1. The second-order valence-electron chi connectivity index (χ2n) is 10.3. The predicted octanol–water partition coefficient (Wildman–Crippen LogP) is 5.04. The molecule has 168 valence electrons. The van der Waals surface area contributed by atoms with Crippen LogP contribution in [0, 0.1) is 5.92 Å². The summed E-state index contributed by atoms with van der Waals surface area (Å²) in [4.78, 5) is 22.8. The Morgan fingerprint density at radius 2 is 1.97 bits per heavy atom. The third-order valence-corrected chi connectivity index (χ3v) is 7.49. The van der Waals surface area contributed by atoms with Crippen LogP contribution in [0.5, 0.6) is 0 Å². The molecule has 0 bridgehead atoms. The Balaban J connectivity index is 1.11. The monoisotopic (exact) mass is 430 g/mol. The van der Waals surface area contributed by atoms with Gasteiger partial charge in [0.1, 0.15) is 5.65 Å². The number of aromatic nitrogens is 2. The maximum absolute atomic E-state index is 12.8. The quantitative estimate of drug-likeness (QED) is 0.596. The summed E-state index contributed by atoms with van der Waals surface area (Å²) in [7, 11) is 0. The molecule has 0 saturated heterocycles. The highest BCUT2D eigenvalue weighted by Gasteiger charge is 2.32. The van der Waals surface area contributed by atoms with Crippen LogP contribution in [0.4, 0.5) is 0 Å². The summed E-state index contributed by atoms with van der Waals surface area (Å²) in [5, 5.41) is 4.16. The van der Waals surface area contributed by atoms with Crippen molar-refractivity contribution in [2.45, 2.75) is 64.0 Å². The average Bonchev–Trinajstić information content (AvgIpc) is 3.23. The first kappa shape index (κ1) is 21.2. The Morgan fingerprint density at radius 3 is 2.81 bits per heavy atom. The Morgan fingerprint density at radius 1 is 1.16 bits per heavy atom. The van der Waals surface area contributed by atoms with E-state index in [1.807, 2.05) is 12.1 Å². The van der Waals surface area contributed by atoms with Crippen molar-refractivity contribution >= 4 is 16.9 Å². The highest BCUT2D eigenvalue weighted by Crippen LogP contribution is 2.34. The molecule has 1 aromatic carbocycles. The summed E-state index contributed by atoms with van der Waals surface area (Å²) in [6.45, 7) is 8.12. The highest BCUT2D eigenvalue weighted by molar-refractivity contribution is 6.05. The van der Waals surface area contributed by atoms with Gasteiger partial charge in [-0.15, -0.1) is 0 Å². The minimum atomic E-state index is 0.0157. The van der Waals surface area contributed by atoms with Crippen molar-refractivity contribution in [2.75, 3.05) is 13.1 Å². The predicted molar refractivity (Wildman–Crippen MR) is 129 cm³/mol. The van der Waals surface area contributed by atoms with Gasteiger partial charge in [-0.2, -0.15) is 0 Å². The van der Waals surface area contributed by atoms with Crippen molar-refractivity contribution in [3.8, 4) is 0 Å². The third-order valence-electron chi connectivity index (χ3n) is 7.49. The van der Waals surface area contributed by atoms with Crippen LogP contribution in [0.15, 0.2) is 48.8 Å². The molecule has 1 aliphatic carbocycles. The van der Waals surface area contributed by atoms with E-state index in [2.05, 4.69) is 58.3 Å². The smallest absolute Gasteiger partial charge is 0.253 e. The summed E-state index contributed by atoms with van der Waals surface area (Å²) in [6, 6.07) is 13.0. The molecule has 5 nitrogen and oxygen atoms in total. The molecule has 2 aliphatic rings. The average molecular weight is 431 g/mol. The molecule has 2 aromatic heterocycles.